The molecule has 0 aliphatic rings. The van der Waals surface area contributed by atoms with Gasteiger partial charge in [0.2, 0.25) is 5.89 Å². The average Bonchev–Trinajstić information content (AvgIpc) is 3.33. The fourth-order valence-electron chi connectivity index (χ4n) is 3.59. The van der Waals surface area contributed by atoms with Gasteiger partial charge < -0.3 is 14.5 Å². The van der Waals surface area contributed by atoms with Crippen LogP contribution in [0.1, 0.15) is 33.1 Å². The van der Waals surface area contributed by atoms with Crippen LogP contribution < -0.4 is 10.1 Å². The van der Waals surface area contributed by atoms with Gasteiger partial charge >= 0.3 is 0 Å². The van der Waals surface area contributed by atoms with E-state index in [-0.39, 0.29) is 17.4 Å². The molecule has 0 atom stereocenters. The van der Waals surface area contributed by atoms with E-state index >= 15 is 0 Å². The lowest BCUT2D eigenvalue weighted by Crippen LogP contribution is -2.24. The van der Waals surface area contributed by atoms with E-state index in [4.69, 9.17) is 9.15 Å². The van der Waals surface area contributed by atoms with Gasteiger partial charge in [-0.2, -0.15) is 0 Å². The summed E-state index contributed by atoms with van der Waals surface area (Å²) < 4.78 is 24.3. The normalized spacial score (nSPS) is 10.9. The maximum atomic E-state index is 13.4. The lowest BCUT2D eigenvalue weighted by atomic mass is 10.1. The molecule has 0 aliphatic heterocycles. The van der Waals surface area contributed by atoms with E-state index in [1.54, 1.807) is 19.2 Å². The lowest BCUT2D eigenvalue weighted by Gasteiger charge is -2.21. The molecule has 3 aromatic carbocycles. The molecule has 0 fully saturated rings. The number of rotatable bonds is 10. The summed E-state index contributed by atoms with van der Waals surface area (Å²) in [7, 11) is 1.63. The van der Waals surface area contributed by atoms with Crippen molar-refractivity contribution in [2.45, 2.75) is 26.2 Å². The Morgan fingerprint density at radius 1 is 0.941 bits per heavy atom. The van der Waals surface area contributed by atoms with Crippen molar-refractivity contribution in [2.24, 2.45) is 0 Å². The van der Waals surface area contributed by atoms with Crippen molar-refractivity contribution in [3.05, 3.63) is 119 Å². The molecule has 7 heteroatoms. The molecule has 6 nitrogen and oxygen atoms in total. The number of halogens is 1. The molecule has 1 amide bonds. The first-order valence-corrected chi connectivity index (χ1v) is 11.0. The number of methoxy groups -OCH3 is 1. The smallest absolute Gasteiger partial charge is 0.273 e. The number of amides is 1. The van der Waals surface area contributed by atoms with Crippen molar-refractivity contribution in [1.29, 1.82) is 0 Å². The highest BCUT2D eigenvalue weighted by Gasteiger charge is 2.16. The number of ether oxygens (including phenoxy) is 1. The highest BCUT2D eigenvalue weighted by molar-refractivity contribution is 5.91. The fourth-order valence-corrected chi connectivity index (χ4v) is 3.59. The summed E-state index contributed by atoms with van der Waals surface area (Å²) >= 11 is 0. The Labute approximate surface area is 198 Å². The van der Waals surface area contributed by atoms with E-state index in [1.807, 2.05) is 54.6 Å². The molecular weight excluding hydrogens is 433 g/mol. The van der Waals surface area contributed by atoms with Gasteiger partial charge in [-0.1, -0.05) is 54.6 Å². The van der Waals surface area contributed by atoms with Crippen molar-refractivity contribution < 1.29 is 18.3 Å². The summed E-state index contributed by atoms with van der Waals surface area (Å²) in [5, 5.41) is 2.86. The summed E-state index contributed by atoms with van der Waals surface area (Å²) in [5.41, 5.74) is 3.24. The molecule has 0 unspecified atom stereocenters. The minimum atomic E-state index is -0.295. The predicted molar refractivity (Wildman–Crippen MR) is 126 cm³/mol. The van der Waals surface area contributed by atoms with Crippen molar-refractivity contribution in [2.75, 3.05) is 7.11 Å². The first-order chi connectivity index (χ1) is 16.6. The molecule has 4 aromatic rings. The largest absolute Gasteiger partial charge is 0.497 e. The molecule has 0 spiro atoms. The van der Waals surface area contributed by atoms with Gasteiger partial charge in [-0.25, -0.2) is 9.37 Å². The van der Waals surface area contributed by atoms with Crippen molar-refractivity contribution in [1.82, 2.24) is 15.2 Å². The highest BCUT2D eigenvalue weighted by Crippen LogP contribution is 2.18. The molecule has 0 saturated carbocycles. The van der Waals surface area contributed by atoms with Crippen LogP contribution in [-0.2, 0) is 26.2 Å². The van der Waals surface area contributed by atoms with Gasteiger partial charge in [-0.3, -0.25) is 9.69 Å². The Bertz CT molecular complexity index is 1210. The van der Waals surface area contributed by atoms with E-state index in [2.05, 4.69) is 15.2 Å². The van der Waals surface area contributed by atoms with E-state index in [0.29, 0.717) is 32.1 Å². The van der Waals surface area contributed by atoms with Crippen molar-refractivity contribution >= 4 is 5.91 Å². The third kappa shape index (κ3) is 6.52. The van der Waals surface area contributed by atoms with E-state index in [0.717, 1.165) is 22.4 Å². The summed E-state index contributed by atoms with van der Waals surface area (Å²) in [6.45, 7) is 1.93. The van der Waals surface area contributed by atoms with Crippen LogP contribution >= 0.6 is 0 Å². The van der Waals surface area contributed by atoms with Gasteiger partial charge in [0.1, 0.15) is 17.8 Å². The monoisotopic (exact) mass is 459 g/mol. The number of benzene rings is 3. The number of oxazole rings is 1. The lowest BCUT2D eigenvalue weighted by molar-refractivity contribution is 0.0945. The number of carbonyl (C=O) groups excluding carboxylic acids is 1. The Kier molecular flexibility index (Phi) is 7.67. The summed E-state index contributed by atoms with van der Waals surface area (Å²) in [6.07, 6.45) is 1.37. The quantitative estimate of drug-likeness (QED) is 0.363. The van der Waals surface area contributed by atoms with Crippen LogP contribution in [0.15, 0.2) is 89.5 Å². The SMILES string of the molecule is COc1cccc(CN(Cc2ccc(F)cc2)Cc2nc(C(=O)NCc3ccccc3)co2)c1. The van der Waals surface area contributed by atoms with E-state index in [1.165, 1.54) is 18.4 Å². The summed E-state index contributed by atoms with van der Waals surface area (Å²) in [4.78, 5) is 19.0. The number of hydrogen-bond acceptors (Lipinski definition) is 5. The number of carbonyl (C=O) groups is 1. The number of aromatic nitrogens is 1. The second-order valence-electron chi connectivity index (χ2n) is 7.92. The zero-order chi connectivity index (χ0) is 23.8. The van der Waals surface area contributed by atoms with Crippen LogP contribution in [0.25, 0.3) is 0 Å². The topological polar surface area (TPSA) is 67.6 Å². The van der Waals surface area contributed by atoms with Gasteiger partial charge in [-0.15, -0.1) is 0 Å². The standard InChI is InChI=1S/C27H26FN3O3/c1-33-24-9-5-8-22(14-24)17-31(16-21-10-12-23(28)13-11-21)18-26-30-25(19-34-26)27(32)29-15-20-6-3-2-4-7-20/h2-14,19H,15-18H2,1H3,(H,29,32). The molecule has 34 heavy (non-hydrogen) atoms. The van der Waals surface area contributed by atoms with Gasteiger partial charge in [0.25, 0.3) is 5.91 Å². The Balaban J connectivity index is 1.45. The first-order valence-electron chi connectivity index (χ1n) is 11.0. The van der Waals surface area contributed by atoms with Gasteiger partial charge in [0, 0.05) is 19.6 Å². The van der Waals surface area contributed by atoms with Crippen LogP contribution in [0.2, 0.25) is 0 Å². The molecular formula is C27H26FN3O3. The molecule has 0 radical (unpaired) electrons. The average molecular weight is 460 g/mol. The molecule has 4 rings (SSSR count). The highest BCUT2D eigenvalue weighted by atomic mass is 19.1. The molecule has 174 valence electrons. The molecule has 0 bridgehead atoms. The molecule has 1 heterocycles. The van der Waals surface area contributed by atoms with Crippen LogP contribution in [0, 0.1) is 5.82 Å². The van der Waals surface area contributed by atoms with Gasteiger partial charge in [0.15, 0.2) is 5.69 Å². The number of nitrogens with zero attached hydrogens (tertiary/aromatic N) is 2. The Morgan fingerprint density at radius 3 is 2.44 bits per heavy atom. The maximum absolute atomic E-state index is 13.4. The predicted octanol–water partition coefficient (Wildman–Crippen LogP) is 4.95. The minimum Gasteiger partial charge on any atom is -0.497 e. The van der Waals surface area contributed by atoms with Crippen LogP contribution in [0.5, 0.6) is 5.75 Å². The second-order valence-corrected chi connectivity index (χ2v) is 7.92. The number of nitrogens with one attached hydrogen (secondary N) is 1. The van der Waals surface area contributed by atoms with Crippen LogP contribution in [-0.4, -0.2) is 22.9 Å². The second kappa shape index (κ2) is 11.2. The third-order valence-corrected chi connectivity index (χ3v) is 5.30. The van der Waals surface area contributed by atoms with E-state index in [9.17, 15) is 9.18 Å². The Morgan fingerprint density at radius 2 is 1.68 bits per heavy atom. The van der Waals surface area contributed by atoms with Gasteiger partial charge in [0.05, 0.1) is 13.7 Å². The number of hydrogen-bond donors (Lipinski definition) is 1. The summed E-state index contributed by atoms with van der Waals surface area (Å²) in [5.74, 6) is 0.626. The van der Waals surface area contributed by atoms with Crippen LogP contribution in [0.4, 0.5) is 4.39 Å². The van der Waals surface area contributed by atoms with Gasteiger partial charge in [-0.05, 0) is 41.0 Å². The fraction of sp³-hybridized carbons (Fsp3) is 0.185. The zero-order valence-corrected chi connectivity index (χ0v) is 18.9. The van der Waals surface area contributed by atoms with Crippen molar-refractivity contribution in [3.63, 3.8) is 0 Å². The third-order valence-electron chi connectivity index (χ3n) is 5.30. The molecule has 1 N–H and O–H groups in total. The Hall–Kier alpha value is -3.97. The zero-order valence-electron chi connectivity index (χ0n) is 18.9. The maximum Gasteiger partial charge on any atom is 0.273 e. The minimum absolute atomic E-state index is 0.231. The summed E-state index contributed by atoms with van der Waals surface area (Å²) in [6, 6.07) is 23.9. The molecule has 1 aromatic heterocycles. The first kappa shape index (κ1) is 23.2. The van der Waals surface area contributed by atoms with Crippen LogP contribution in [0.3, 0.4) is 0 Å². The molecule has 0 saturated heterocycles. The van der Waals surface area contributed by atoms with E-state index < -0.39 is 0 Å². The van der Waals surface area contributed by atoms with Crippen molar-refractivity contribution in [3.8, 4) is 5.75 Å². The molecule has 0 aliphatic carbocycles.